The lowest BCUT2D eigenvalue weighted by Gasteiger charge is -2.07. The molecule has 0 unspecified atom stereocenters. The third kappa shape index (κ3) is 4.48. The summed E-state index contributed by atoms with van der Waals surface area (Å²) < 4.78 is 7.59. The van der Waals surface area contributed by atoms with Crippen LogP contribution in [0.25, 0.3) is 10.9 Å². The average Bonchev–Trinajstić information content (AvgIpc) is 2.96. The van der Waals surface area contributed by atoms with Gasteiger partial charge in [-0.1, -0.05) is 34.1 Å². The molecule has 0 radical (unpaired) electrons. The topological polar surface area (TPSA) is 92.9 Å². The molecule has 8 heteroatoms. The van der Waals surface area contributed by atoms with Crippen molar-refractivity contribution in [3.05, 3.63) is 63.8 Å². The summed E-state index contributed by atoms with van der Waals surface area (Å²) in [4.78, 5) is 24.3. The molecule has 150 valence electrons. The Morgan fingerprint density at radius 2 is 2.03 bits per heavy atom. The summed E-state index contributed by atoms with van der Waals surface area (Å²) in [6, 6.07) is 12.2. The first-order valence-electron chi connectivity index (χ1n) is 8.97. The van der Waals surface area contributed by atoms with E-state index in [1.54, 1.807) is 13.0 Å². The number of nitrogens with one attached hydrogen (secondary N) is 1. The number of phenolic OH excluding ortho intramolecular Hbond substituents is 1. The van der Waals surface area contributed by atoms with E-state index in [1.807, 2.05) is 35.8 Å². The zero-order chi connectivity index (χ0) is 21.0. The summed E-state index contributed by atoms with van der Waals surface area (Å²) >= 11 is 3.27. The van der Waals surface area contributed by atoms with E-state index in [2.05, 4.69) is 26.5 Å². The van der Waals surface area contributed by atoms with E-state index in [1.165, 1.54) is 18.3 Å². The Kier molecular flexibility index (Phi) is 6.33. The molecule has 0 saturated heterocycles. The highest BCUT2D eigenvalue weighted by Gasteiger charge is 2.16. The summed E-state index contributed by atoms with van der Waals surface area (Å²) in [6.45, 7) is 4.05. The molecule has 0 bridgehead atoms. The average molecular weight is 458 g/mol. The van der Waals surface area contributed by atoms with Crippen LogP contribution < -0.4 is 5.43 Å². The number of para-hydroxylation sites is 1. The molecule has 29 heavy (non-hydrogen) atoms. The first kappa shape index (κ1) is 20.6. The molecular formula is C21H20BrN3O4. The number of benzene rings is 2. The molecule has 0 aliphatic rings. The SMILES string of the molecule is CCOC(=O)Cn1c(C)c(/C=N\NC(=O)c2cc(Br)ccc2O)c2ccccc21. The van der Waals surface area contributed by atoms with Crippen molar-refractivity contribution >= 4 is 44.9 Å². The van der Waals surface area contributed by atoms with Crippen molar-refractivity contribution in [3.63, 3.8) is 0 Å². The van der Waals surface area contributed by atoms with Gasteiger partial charge in [-0.15, -0.1) is 0 Å². The van der Waals surface area contributed by atoms with Crippen LogP contribution in [0.1, 0.15) is 28.5 Å². The molecule has 2 aromatic carbocycles. The monoisotopic (exact) mass is 457 g/mol. The van der Waals surface area contributed by atoms with E-state index in [9.17, 15) is 14.7 Å². The second-order valence-electron chi connectivity index (χ2n) is 6.27. The molecule has 0 atom stereocenters. The lowest BCUT2D eigenvalue weighted by molar-refractivity contribution is -0.143. The highest BCUT2D eigenvalue weighted by Crippen LogP contribution is 2.25. The van der Waals surface area contributed by atoms with Gasteiger partial charge < -0.3 is 14.4 Å². The molecule has 0 aliphatic carbocycles. The van der Waals surface area contributed by atoms with Crippen molar-refractivity contribution in [1.29, 1.82) is 0 Å². The van der Waals surface area contributed by atoms with Crippen molar-refractivity contribution in [2.24, 2.45) is 5.10 Å². The third-order valence-corrected chi connectivity index (χ3v) is 4.93. The van der Waals surface area contributed by atoms with E-state index in [0.717, 1.165) is 22.2 Å². The zero-order valence-corrected chi connectivity index (χ0v) is 17.6. The largest absolute Gasteiger partial charge is 0.507 e. The van der Waals surface area contributed by atoms with Gasteiger partial charge in [0.25, 0.3) is 5.91 Å². The van der Waals surface area contributed by atoms with Gasteiger partial charge in [-0.05, 0) is 38.1 Å². The van der Waals surface area contributed by atoms with Gasteiger partial charge >= 0.3 is 5.97 Å². The van der Waals surface area contributed by atoms with Gasteiger partial charge in [0, 0.05) is 26.6 Å². The minimum absolute atomic E-state index is 0.0896. The number of aromatic hydroxyl groups is 1. The van der Waals surface area contributed by atoms with Crippen LogP contribution in [0, 0.1) is 6.92 Å². The van der Waals surface area contributed by atoms with Crippen molar-refractivity contribution < 1.29 is 19.4 Å². The molecule has 3 aromatic rings. The number of halogens is 1. The quantitative estimate of drug-likeness (QED) is 0.334. The molecule has 1 amide bonds. The molecule has 1 aromatic heterocycles. The highest BCUT2D eigenvalue weighted by atomic mass is 79.9. The van der Waals surface area contributed by atoms with E-state index >= 15 is 0 Å². The number of hydrazone groups is 1. The number of carbonyl (C=O) groups excluding carboxylic acids is 2. The van der Waals surface area contributed by atoms with Gasteiger partial charge in [0.1, 0.15) is 12.3 Å². The second kappa shape index (κ2) is 8.91. The minimum atomic E-state index is -0.534. The molecule has 1 heterocycles. The Hall–Kier alpha value is -3.13. The molecular weight excluding hydrogens is 438 g/mol. The number of hydrogen-bond donors (Lipinski definition) is 2. The standard InChI is InChI=1S/C21H20BrN3O4/c1-3-29-20(27)12-25-13(2)17(15-6-4-5-7-18(15)25)11-23-24-21(28)16-10-14(22)8-9-19(16)26/h4-11,26H,3,12H2,1-2H3,(H,24,28)/b23-11-. The predicted octanol–water partition coefficient (Wildman–Crippen LogP) is 3.74. The van der Waals surface area contributed by atoms with Gasteiger partial charge in [0.15, 0.2) is 0 Å². The van der Waals surface area contributed by atoms with Gasteiger partial charge in [-0.2, -0.15) is 5.10 Å². The number of ether oxygens (including phenoxy) is 1. The predicted molar refractivity (Wildman–Crippen MR) is 114 cm³/mol. The smallest absolute Gasteiger partial charge is 0.325 e. The van der Waals surface area contributed by atoms with Gasteiger partial charge in [0.05, 0.1) is 18.4 Å². The van der Waals surface area contributed by atoms with Crippen molar-refractivity contribution in [1.82, 2.24) is 9.99 Å². The molecule has 3 rings (SSSR count). The Bertz CT molecular complexity index is 1100. The Morgan fingerprint density at radius 1 is 1.28 bits per heavy atom. The lowest BCUT2D eigenvalue weighted by atomic mass is 10.1. The van der Waals surface area contributed by atoms with Crippen LogP contribution in [0.3, 0.4) is 0 Å². The van der Waals surface area contributed by atoms with E-state index in [-0.39, 0.29) is 23.8 Å². The number of esters is 1. The normalized spacial score (nSPS) is 11.1. The van der Waals surface area contributed by atoms with Crippen LogP contribution in [0.5, 0.6) is 5.75 Å². The third-order valence-electron chi connectivity index (χ3n) is 4.44. The maximum Gasteiger partial charge on any atom is 0.325 e. The summed E-state index contributed by atoms with van der Waals surface area (Å²) in [6.07, 6.45) is 1.53. The van der Waals surface area contributed by atoms with Crippen molar-refractivity contribution in [2.45, 2.75) is 20.4 Å². The first-order chi connectivity index (χ1) is 13.9. The minimum Gasteiger partial charge on any atom is -0.507 e. The molecule has 0 spiro atoms. The Labute approximate surface area is 176 Å². The van der Waals surface area contributed by atoms with E-state index < -0.39 is 5.91 Å². The zero-order valence-electron chi connectivity index (χ0n) is 16.0. The highest BCUT2D eigenvalue weighted by molar-refractivity contribution is 9.10. The summed E-state index contributed by atoms with van der Waals surface area (Å²) in [7, 11) is 0. The number of rotatable bonds is 6. The van der Waals surface area contributed by atoms with Gasteiger partial charge in [-0.3, -0.25) is 9.59 Å². The van der Waals surface area contributed by atoms with Gasteiger partial charge in [-0.25, -0.2) is 5.43 Å². The van der Waals surface area contributed by atoms with Crippen molar-refractivity contribution in [2.75, 3.05) is 6.61 Å². The van der Waals surface area contributed by atoms with Crippen molar-refractivity contribution in [3.8, 4) is 5.75 Å². The fraction of sp³-hybridized carbons (Fsp3) is 0.190. The maximum absolute atomic E-state index is 12.3. The first-order valence-corrected chi connectivity index (χ1v) is 9.77. The molecule has 2 N–H and O–H groups in total. The number of carbonyl (C=O) groups is 2. The van der Waals surface area contributed by atoms with Crippen LogP contribution in [0.4, 0.5) is 0 Å². The lowest BCUT2D eigenvalue weighted by Crippen LogP contribution is -2.18. The van der Waals surface area contributed by atoms with Crippen LogP contribution in [0.15, 0.2) is 52.0 Å². The number of fused-ring (bicyclic) bond motifs is 1. The van der Waals surface area contributed by atoms with Gasteiger partial charge in [0.2, 0.25) is 0 Å². The fourth-order valence-electron chi connectivity index (χ4n) is 3.07. The summed E-state index contributed by atoms with van der Waals surface area (Å²) in [5.41, 5.74) is 5.01. The van der Waals surface area contributed by atoms with Crippen LogP contribution in [-0.2, 0) is 16.1 Å². The maximum atomic E-state index is 12.3. The van der Waals surface area contributed by atoms with Crippen LogP contribution >= 0.6 is 15.9 Å². The number of hydrogen-bond acceptors (Lipinski definition) is 5. The van der Waals surface area contributed by atoms with Crippen LogP contribution in [0.2, 0.25) is 0 Å². The molecule has 7 nitrogen and oxygen atoms in total. The molecule has 0 fully saturated rings. The number of phenols is 1. The molecule has 0 aliphatic heterocycles. The Balaban J connectivity index is 1.88. The van der Waals surface area contributed by atoms with E-state index in [0.29, 0.717) is 11.1 Å². The number of nitrogens with zero attached hydrogens (tertiary/aromatic N) is 2. The van der Waals surface area contributed by atoms with E-state index in [4.69, 9.17) is 4.74 Å². The Morgan fingerprint density at radius 3 is 2.79 bits per heavy atom. The number of aromatic nitrogens is 1. The van der Waals surface area contributed by atoms with Crippen LogP contribution in [-0.4, -0.2) is 34.4 Å². The summed E-state index contributed by atoms with van der Waals surface area (Å²) in [5, 5.41) is 14.8. The number of amides is 1. The second-order valence-corrected chi connectivity index (χ2v) is 7.18. The fourth-order valence-corrected chi connectivity index (χ4v) is 3.43. The molecule has 0 saturated carbocycles. The summed E-state index contributed by atoms with van der Waals surface area (Å²) in [5.74, 6) is -0.991.